The maximum Gasteiger partial charge on any atom is 0.324 e. The third-order valence-electron chi connectivity index (χ3n) is 4.44. The summed E-state index contributed by atoms with van der Waals surface area (Å²) in [5, 5.41) is -0.625. The summed E-state index contributed by atoms with van der Waals surface area (Å²) in [4.78, 5) is 16.1. The van der Waals surface area contributed by atoms with Crippen LogP contribution in [0.1, 0.15) is 30.4 Å². The molecule has 1 aromatic heterocycles. The Balaban J connectivity index is 1.53. The number of nitrogens with zero attached hydrogens (tertiary/aromatic N) is 1. The molecule has 1 heterocycles. The molecule has 152 valence electrons. The molecule has 0 N–H and O–H groups in total. The van der Waals surface area contributed by atoms with Crippen molar-refractivity contribution in [1.82, 2.24) is 4.98 Å². The Morgan fingerprint density at radius 3 is 2.55 bits per heavy atom. The second-order valence-electron chi connectivity index (χ2n) is 6.58. The first kappa shape index (κ1) is 20.9. The molecule has 0 spiro atoms. The Morgan fingerprint density at radius 1 is 1.14 bits per heavy atom. The number of ether oxygens (including phenoxy) is 2. The van der Waals surface area contributed by atoms with Gasteiger partial charge in [-0.15, -0.1) is 11.6 Å². The molecule has 0 aliphatic rings. The van der Waals surface area contributed by atoms with Crippen molar-refractivity contribution < 1.29 is 18.7 Å². The summed E-state index contributed by atoms with van der Waals surface area (Å²) < 4.78 is 16.5. The SMILES string of the molecule is CCOC(=O)C(Cl)CCc1ccc(OCc2nc(-c3ccccc3)oc2C)cc1. The Morgan fingerprint density at radius 2 is 1.86 bits per heavy atom. The maximum absolute atomic E-state index is 11.6. The van der Waals surface area contributed by atoms with Crippen LogP contribution in [0.4, 0.5) is 0 Å². The van der Waals surface area contributed by atoms with Crippen molar-refractivity contribution in [3.05, 3.63) is 71.6 Å². The summed E-state index contributed by atoms with van der Waals surface area (Å²) in [6.45, 7) is 4.32. The summed E-state index contributed by atoms with van der Waals surface area (Å²) in [6, 6.07) is 17.5. The molecule has 0 saturated carbocycles. The number of benzene rings is 2. The van der Waals surface area contributed by atoms with Crippen LogP contribution >= 0.6 is 11.6 Å². The fourth-order valence-corrected chi connectivity index (χ4v) is 2.99. The first-order valence-corrected chi connectivity index (χ1v) is 10.0. The lowest BCUT2D eigenvalue weighted by molar-refractivity contribution is -0.142. The van der Waals surface area contributed by atoms with Crippen molar-refractivity contribution in [2.75, 3.05) is 6.61 Å². The van der Waals surface area contributed by atoms with Crippen LogP contribution in [0.15, 0.2) is 59.0 Å². The Bertz CT molecular complexity index is 922. The molecule has 0 fully saturated rings. The van der Waals surface area contributed by atoms with Crippen molar-refractivity contribution in [1.29, 1.82) is 0 Å². The van der Waals surface area contributed by atoms with E-state index < -0.39 is 5.38 Å². The van der Waals surface area contributed by atoms with Crippen LogP contribution in [-0.2, 0) is 22.6 Å². The summed E-state index contributed by atoms with van der Waals surface area (Å²) in [6.07, 6.45) is 1.22. The van der Waals surface area contributed by atoms with Crippen molar-refractivity contribution in [2.45, 2.75) is 38.7 Å². The third-order valence-corrected chi connectivity index (χ3v) is 4.84. The van der Waals surface area contributed by atoms with Gasteiger partial charge in [0.25, 0.3) is 0 Å². The summed E-state index contributed by atoms with van der Waals surface area (Å²) in [5.41, 5.74) is 2.79. The van der Waals surface area contributed by atoms with Gasteiger partial charge in [-0.2, -0.15) is 0 Å². The number of esters is 1. The number of carbonyl (C=O) groups is 1. The van der Waals surface area contributed by atoms with Crippen molar-refractivity contribution in [2.24, 2.45) is 0 Å². The van der Waals surface area contributed by atoms with E-state index in [1.54, 1.807) is 6.92 Å². The van der Waals surface area contributed by atoms with Gasteiger partial charge in [-0.3, -0.25) is 4.79 Å². The monoisotopic (exact) mass is 413 g/mol. The first-order valence-electron chi connectivity index (χ1n) is 9.61. The molecule has 6 heteroatoms. The molecule has 0 aliphatic heterocycles. The van der Waals surface area contributed by atoms with E-state index in [1.807, 2.05) is 61.5 Å². The number of halogens is 1. The smallest absolute Gasteiger partial charge is 0.324 e. The Hall–Kier alpha value is -2.79. The van der Waals surface area contributed by atoms with E-state index in [1.165, 1.54) is 0 Å². The van der Waals surface area contributed by atoms with Crippen LogP contribution in [0.2, 0.25) is 0 Å². The fraction of sp³-hybridized carbons (Fsp3) is 0.304. The molecule has 1 atom stereocenters. The highest BCUT2D eigenvalue weighted by Crippen LogP contribution is 2.23. The zero-order valence-electron chi connectivity index (χ0n) is 16.6. The molecule has 29 heavy (non-hydrogen) atoms. The number of aryl methyl sites for hydroxylation is 2. The second kappa shape index (κ2) is 10.1. The van der Waals surface area contributed by atoms with Gasteiger partial charge >= 0.3 is 5.97 Å². The van der Waals surface area contributed by atoms with Crippen LogP contribution in [0.3, 0.4) is 0 Å². The standard InChI is InChI=1S/C23H24ClNO4/c1-3-27-23(26)20(24)14-11-17-9-12-19(13-10-17)28-15-21-16(2)29-22(25-21)18-7-5-4-6-8-18/h4-10,12-13,20H,3,11,14-15H2,1-2H3. The largest absolute Gasteiger partial charge is 0.487 e. The minimum Gasteiger partial charge on any atom is -0.487 e. The predicted molar refractivity (Wildman–Crippen MR) is 112 cm³/mol. The van der Waals surface area contributed by atoms with Gasteiger partial charge in [0.2, 0.25) is 5.89 Å². The van der Waals surface area contributed by atoms with Gasteiger partial charge in [-0.25, -0.2) is 4.98 Å². The molecule has 0 radical (unpaired) electrons. The molecule has 0 aliphatic carbocycles. The second-order valence-corrected chi connectivity index (χ2v) is 7.11. The van der Waals surface area contributed by atoms with E-state index in [9.17, 15) is 4.79 Å². The highest BCUT2D eigenvalue weighted by molar-refractivity contribution is 6.29. The highest BCUT2D eigenvalue weighted by atomic mass is 35.5. The molecule has 0 bridgehead atoms. The van der Waals surface area contributed by atoms with Crippen molar-refractivity contribution in [3.8, 4) is 17.2 Å². The molecule has 0 saturated heterocycles. The van der Waals surface area contributed by atoms with Crippen LogP contribution < -0.4 is 4.74 Å². The Labute approximate surface area is 175 Å². The van der Waals surface area contributed by atoms with Gasteiger partial charge in [-0.1, -0.05) is 30.3 Å². The summed E-state index contributed by atoms with van der Waals surface area (Å²) >= 11 is 6.05. The first-order chi connectivity index (χ1) is 14.1. The van der Waals surface area contributed by atoms with Gasteiger partial charge in [0.05, 0.1) is 6.61 Å². The summed E-state index contributed by atoms with van der Waals surface area (Å²) in [5.74, 6) is 1.71. The third kappa shape index (κ3) is 5.84. The van der Waals surface area contributed by atoms with E-state index in [-0.39, 0.29) is 5.97 Å². The maximum atomic E-state index is 11.6. The lowest BCUT2D eigenvalue weighted by Crippen LogP contribution is -2.18. The van der Waals surface area contributed by atoms with E-state index in [2.05, 4.69) is 4.98 Å². The number of carbonyl (C=O) groups excluding carboxylic acids is 1. The topological polar surface area (TPSA) is 61.6 Å². The molecular formula is C23H24ClNO4. The minimum atomic E-state index is -0.625. The number of hydrogen-bond donors (Lipinski definition) is 0. The average molecular weight is 414 g/mol. The van der Waals surface area contributed by atoms with E-state index in [4.69, 9.17) is 25.5 Å². The van der Waals surface area contributed by atoms with Crippen LogP contribution in [0.5, 0.6) is 5.75 Å². The van der Waals surface area contributed by atoms with E-state index >= 15 is 0 Å². The Kier molecular flexibility index (Phi) is 7.30. The quantitative estimate of drug-likeness (QED) is 0.350. The van der Waals surface area contributed by atoms with E-state index in [0.29, 0.717) is 31.9 Å². The number of hydrogen-bond acceptors (Lipinski definition) is 5. The summed E-state index contributed by atoms with van der Waals surface area (Å²) in [7, 11) is 0. The predicted octanol–water partition coefficient (Wildman–Crippen LogP) is 5.33. The molecule has 1 unspecified atom stereocenters. The number of alkyl halides is 1. The van der Waals surface area contributed by atoms with Gasteiger partial charge in [0, 0.05) is 5.56 Å². The van der Waals surface area contributed by atoms with Crippen LogP contribution in [0.25, 0.3) is 11.5 Å². The average Bonchev–Trinajstić information content (AvgIpc) is 3.12. The van der Waals surface area contributed by atoms with Gasteiger partial charge in [0.1, 0.15) is 29.2 Å². The molecule has 3 aromatic rings. The number of aromatic nitrogens is 1. The van der Waals surface area contributed by atoms with Crippen molar-refractivity contribution >= 4 is 17.6 Å². The van der Waals surface area contributed by atoms with Crippen LogP contribution in [0, 0.1) is 6.92 Å². The molecular weight excluding hydrogens is 390 g/mol. The molecule has 5 nitrogen and oxygen atoms in total. The molecule has 0 amide bonds. The lowest BCUT2D eigenvalue weighted by Gasteiger charge is -2.09. The number of rotatable bonds is 9. The van der Waals surface area contributed by atoms with E-state index in [0.717, 1.165) is 28.3 Å². The highest BCUT2D eigenvalue weighted by Gasteiger charge is 2.16. The minimum absolute atomic E-state index is 0.328. The lowest BCUT2D eigenvalue weighted by atomic mass is 10.1. The van der Waals surface area contributed by atoms with Gasteiger partial charge < -0.3 is 13.9 Å². The number of oxazole rings is 1. The zero-order valence-corrected chi connectivity index (χ0v) is 17.3. The van der Waals surface area contributed by atoms with Crippen LogP contribution in [-0.4, -0.2) is 22.9 Å². The van der Waals surface area contributed by atoms with Gasteiger partial charge in [-0.05, 0) is 56.5 Å². The zero-order chi connectivity index (χ0) is 20.6. The fourth-order valence-electron chi connectivity index (χ4n) is 2.81. The normalized spacial score (nSPS) is 11.8. The van der Waals surface area contributed by atoms with Crippen molar-refractivity contribution in [3.63, 3.8) is 0 Å². The van der Waals surface area contributed by atoms with Gasteiger partial charge in [0.15, 0.2) is 0 Å². The molecule has 3 rings (SSSR count). The molecule has 2 aromatic carbocycles.